The predicted molar refractivity (Wildman–Crippen MR) is 110 cm³/mol. The first-order valence-electron chi connectivity index (χ1n) is 12.0. The smallest absolute Gasteiger partial charge is 0.0867 e. The summed E-state index contributed by atoms with van der Waals surface area (Å²) in [4.78, 5) is 0. The van der Waals surface area contributed by atoms with Gasteiger partial charge in [0.1, 0.15) is 0 Å². The van der Waals surface area contributed by atoms with Crippen molar-refractivity contribution in [1.29, 1.82) is 0 Å². The van der Waals surface area contributed by atoms with Gasteiger partial charge in [-0.1, -0.05) is 13.8 Å². The largest absolute Gasteiger partial charge is 0.473 e. The molecule has 0 atom stereocenters. The molecule has 0 N–H and O–H groups in total. The van der Waals surface area contributed by atoms with Gasteiger partial charge in [-0.15, -0.1) is 0 Å². The van der Waals surface area contributed by atoms with Gasteiger partial charge < -0.3 is 4.74 Å². The summed E-state index contributed by atoms with van der Waals surface area (Å²) in [6.07, 6.45) is 23.9. The van der Waals surface area contributed by atoms with Crippen LogP contribution in [0.2, 0.25) is 0 Å². The molecule has 0 aromatic rings. The summed E-state index contributed by atoms with van der Waals surface area (Å²) in [6, 6.07) is 0. The zero-order valence-corrected chi connectivity index (χ0v) is 17.4. The third-order valence-electron chi connectivity index (χ3n) is 10.8. The maximum atomic E-state index is 6.02. The second-order valence-electron chi connectivity index (χ2n) is 12.1. The molecule has 8 aliphatic rings. The molecule has 0 aromatic carbocycles. The van der Waals surface area contributed by atoms with E-state index in [1.807, 2.05) is 0 Å². The highest BCUT2D eigenvalue weighted by atomic mass is 16.5. The monoisotopic (exact) mass is 366 g/mol. The van der Waals surface area contributed by atoms with Gasteiger partial charge in [0.15, 0.2) is 0 Å². The Bertz CT molecular complexity index is 543. The SMILES string of the molecule is CC1(C=COC=CC2(C)C3CC4CC(C3)CC2C4)C2CC3CC(C2)CC1C3. The maximum absolute atomic E-state index is 6.02. The molecule has 0 heterocycles. The fraction of sp³-hybridized carbons (Fsp3) is 0.846. The molecule has 0 unspecified atom stereocenters. The summed E-state index contributed by atoms with van der Waals surface area (Å²) >= 11 is 0. The Morgan fingerprint density at radius 1 is 0.519 bits per heavy atom. The van der Waals surface area contributed by atoms with Crippen molar-refractivity contribution in [1.82, 2.24) is 0 Å². The lowest BCUT2D eigenvalue weighted by Gasteiger charge is -2.59. The van der Waals surface area contributed by atoms with Gasteiger partial charge in [0.25, 0.3) is 0 Å². The highest BCUT2D eigenvalue weighted by molar-refractivity contribution is 5.13. The van der Waals surface area contributed by atoms with E-state index in [9.17, 15) is 0 Å². The molecule has 0 amide bonds. The Morgan fingerprint density at radius 2 is 0.815 bits per heavy atom. The number of hydrogen-bond donors (Lipinski definition) is 0. The molecule has 8 bridgehead atoms. The molecule has 8 aliphatic carbocycles. The molecule has 27 heavy (non-hydrogen) atoms. The van der Waals surface area contributed by atoms with E-state index in [1.165, 1.54) is 64.2 Å². The summed E-state index contributed by atoms with van der Waals surface area (Å²) < 4.78 is 6.02. The van der Waals surface area contributed by atoms with Crippen molar-refractivity contribution in [2.75, 3.05) is 0 Å². The second-order valence-corrected chi connectivity index (χ2v) is 12.1. The molecule has 1 heteroatoms. The number of ether oxygens (including phenoxy) is 1. The molecule has 1 nitrogen and oxygen atoms in total. The van der Waals surface area contributed by atoms with Gasteiger partial charge in [-0.3, -0.25) is 0 Å². The van der Waals surface area contributed by atoms with Gasteiger partial charge in [0.05, 0.1) is 12.5 Å². The van der Waals surface area contributed by atoms with E-state index in [0.717, 1.165) is 47.3 Å². The van der Waals surface area contributed by atoms with E-state index in [2.05, 4.69) is 38.5 Å². The topological polar surface area (TPSA) is 9.23 Å². The zero-order chi connectivity index (χ0) is 18.2. The van der Waals surface area contributed by atoms with Crippen LogP contribution in [0.1, 0.15) is 78.1 Å². The molecule has 0 saturated heterocycles. The molecule has 0 spiro atoms. The highest BCUT2D eigenvalue weighted by Crippen LogP contribution is 2.63. The fourth-order valence-electron chi connectivity index (χ4n) is 9.36. The zero-order valence-electron chi connectivity index (χ0n) is 17.4. The Morgan fingerprint density at radius 3 is 1.11 bits per heavy atom. The van der Waals surface area contributed by atoms with Gasteiger partial charge in [-0.05, 0) is 135 Å². The minimum absolute atomic E-state index is 0.397. The minimum atomic E-state index is 0.397. The molecule has 8 saturated carbocycles. The quantitative estimate of drug-likeness (QED) is 0.489. The van der Waals surface area contributed by atoms with Crippen molar-refractivity contribution >= 4 is 0 Å². The Hall–Kier alpha value is -0.720. The molecular formula is C26H38O. The van der Waals surface area contributed by atoms with Gasteiger partial charge >= 0.3 is 0 Å². The van der Waals surface area contributed by atoms with E-state index < -0.39 is 0 Å². The van der Waals surface area contributed by atoms with Crippen LogP contribution < -0.4 is 0 Å². The van der Waals surface area contributed by atoms with Crippen molar-refractivity contribution in [3.05, 3.63) is 24.7 Å². The van der Waals surface area contributed by atoms with E-state index in [1.54, 1.807) is 0 Å². The predicted octanol–water partition coefficient (Wildman–Crippen LogP) is 6.96. The number of rotatable bonds is 4. The van der Waals surface area contributed by atoms with Crippen LogP contribution in [-0.4, -0.2) is 0 Å². The molecule has 8 rings (SSSR count). The fourth-order valence-corrected chi connectivity index (χ4v) is 9.36. The van der Waals surface area contributed by atoms with Gasteiger partial charge in [-0.25, -0.2) is 0 Å². The third kappa shape index (κ3) is 2.55. The lowest BCUT2D eigenvalue weighted by atomic mass is 9.46. The summed E-state index contributed by atoms with van der Waals surface area (Å²) in [7, 11) is 0. The van der Waals surface area contributed by atoms with Crippen molar-refractivity contribution in [2.45, 2.75) is 78.1 Å². The summed E-state index contributed by atoms with van der Waals surface area (Å²) in [6.45, 7) is 5.06. The van der Waals surface area contributed by atoms with Crippen LogP contribution in [0.5, 0.6) is 0 Å². The molecule has 0 aliphatic heterocycles. The average molecular weight is 367 g/mol. The van der Waals surface area contributed by atoms with Crippen LogP contribution in [-0.2, 0) is 4.74 Å². The third-order valence-corrected chi connectivity index (χ3v) is 10.8. The second kappa shape index (κ2) is 5.90. The minimum Gasteiger partial charge on any atom is -0.473 e. The molecule has 8 fully saturated rings. The maximum Gasteiger partial charge on any atom is 0.0867 e. The number of hydrogen-bond acceptors (Lipinski definition) is 1. The Balaban J connectivity index is 1.12. The average Bonchev–Trinajstić information content (AvgIpc) is 2.63. The van der Waals surface area contributed by atoms with Crippen LogP contribution in [0.3, 0.4) is 0 Å². The number of allylic oxidation sites excluding steroid dienone is 2. The molecule has 0 aromatic heterocycles. The van der Waals surface area contributed by atoms with Gasteiger partial charge in [0.2, 0.25) is 0 Å². The first-order valence-corrected chi connectivity index (χ1v) is 12.0. The van der Waals surface area contributed by atoms with Crippen molar-refractivity contribution < 1.29 is 4.74 Å². The summed E-state index contributed by atoms with van der Waals surface area (Å²) in [5, 5.41) is 0. The van der Waals surface area contributed by atoms with E-state index >= 15 is 0 Å². The van der Waals surface area contributed by atoms with E-state index in [-0.39, 0.29) is 0 Å². The van der Waals surface area contributed by atoms with Crippen LogP contribution in [0, 0.1) is 58.2 Å². The normalized spacial score (nSPS) is 58.0. The Labute approximate surface area is 166 Å². The summed E-state index contributed by atoms with van der Waals surface area (Å²) in [5.74, 6) is 7.86. The van der Waals surface area contributed by atoms with Crippen molar-refractivity contribution in [3.8, 4) is 0 Å². The van der Waals surface area contributed by atoms with Gasteiger partial charge in [0, 0.05) is 0 Å². The molecule has 0 radical (unpaired) electrons. The van der Waals surface area contributed by atoms with E-state index in [4.69, 9.17) is 4.74 Å². The Kier molecular flexibility index (Phi) is 3.75. The van der Waals surface area contributed by atoms with Crippen molar-refractivity contribution in [3.63, 3.8) is 0 Å². The van der Waals surface area contributed by atoms with Crippen LogP contribution in [0.25, 0.3) is 0 Å². The van der Waals surface area contributed by atoms with Crippen LogP contribution in [0.15, 0.2) is 24.7 Å². The first kappa shape index (κ1) is 17.2. The molecule has 148 valence electrons. The first-order chi connectivity index (χ1) is 13.0. The summed E-state index contributed by atoms with van der Waals surface area (Å²) in [5.41, 5.74) is 0.793. The lowest BCUT2D eigenvalue weighted by molar-refractivity contribution is -0.0725. The highest BCUT2D eigenvalue weighted by Gasteiger charge is 2.54. The van der Waals surface area contributed by atoms with Gasteiger partial charge in [-0.2, -0.15) is 0 Å². The van der Waals surface area contributed by atoms with Crippen LogP contribution >= 0.6 is 0 Å². The van der Waals surface area contributed by atoms with Crippen LogP contribution in [0.4, 0.5) is 0 Å². The standard InChI is InChI=1S/C26H38O/c1-25(21-9-17-7-18(11-21)12-22(25)10-17)3-5-27-6-4-26(2)23-13-19-8-20(15-23)16-24(26)14-19/h3-6,17-24H,7-16H2,1-2H3. The lowest BCUT2D eigenvalue weighted by Crippen LogP contribution is -2.50. The van der Waals surface area contributed by atoms with E-state index in [0.29, 0.717) is 10.8 Å². The van der Waals surface area contributed by atoms with Crippen molar-refractivity contribution in [2.24, 2.45) is 58.2 Å². The molecular weight excluding hydrogens is 328 g/mol.